The lowest BCUT2D eigenvalue weighted by Gasteiger charge is -2.56. The van der Waals surface area contributed by atoms with E-state index >= 15 is 0 Å². The fourth-order valence-corrected chi connectivity index (χ4v) is 2.86. The molecule has 3 heterocycles. The van der Waals surface area contributed by atoms with E-state index in [-0.39, 0.29) is 10.8 Å². The molecule has 0 N–H and O–H groups in total. The van der Waals surface area contributed by atoms with E-state index < -0.39 is 5.97 Å². The number of hydrogen-bond acceptors (Lipinski definition) is 3. The molecule has 104 valence electrons. The minimum Gasteiger partial charge on any atom is -0.323 e. The maximum Gasteiger partial charge on any atom is 0.312 e. The smallest absolute Gasteiger partial charge is 0.312 e. The van der Waals surface area contributed by atoms with E-state index in [0.717, 1.165) is 5.56 Å². The molecule has 4 rings (SSSR count). The van der Waals surface area contributed by atoms with Gasteiger partial charge in [-0.2, -0.15) is 0 Å². The highest BCUT2D eigenvalue weighted by atomic mass is 127. The molecule has 0 saturated carbocycles. The van der Waals surface area contributed by atoms with Crippen LogP contribution in [0.3, 0.4) is 0 Å². The summed E-state index contributed by atoms with van der Waals surface area (Å²) in [4.78, 5) is 0. The molecule has 0 amide bonds. The molecular weight excluding hydrogens is 355 g/mol. The summed E-state index contributed by atoms with van der Waals surface area (Å²) in [6, 6.07) is 8.11. The number of fused-ring (bicyclic) bond motifs is 3. The van der Waals surface area contributed by atoms with Gasteiger partial charge in [-0.25, -0.2) is 0 Å². The van der Waals surface area contributed by atoms with Crippen molar-refractivity contribution < 1.29 is 14.2 Å². The minimum absolute atomic E-state index is 0.0437. The van der Waals surface area contributed by atoms with E-state index in [1.54, 1.807) is 0 Å². The molecule has 2 bridgehead atoms. The molecule has 0 spiro atoms. The first kappa shape index (κ1) is 13.8. The van der Waals surface area contributed by atoms with Gasteiger partial charge in [0, 0.05) is 14.5 Å². The second kappa shape index (κ2) is 4.41. The van der Waals surface area contributed by atoms with Gasteiger partial charge >= 0.3 is 5.97 Å². The summed E-state index contributed by atoms with van der Waals surface area (Å²) in [5.41, 5.74) is 0.999. The Kier molecular flexibility index (Phi) is 3.20. The van der Waals surface area contributed by atoms with Crippen molar-refractivity contribution in [3.05, 3.63) is 33.4 Å². The van der Waals surface area contributed by atoms with Gasteiger partial charge in [0.15, 0.2) is 0 Å². The highest BCUT2D eigenvalue weighted by molar-refractivity contribution is 14.1. The summed E-state index contributed by atoms with van der Waals surface area (Å²) in [7, 11) is 0. The summed E-state index contributed by atoms with van der Waals surface area (Å²) in [6.45, 7) is 8.69. The molecule has 19 heavy (non-hydrogen) atoms. The van der Waals surface area contributed by atoms with Crippen molar-refractivity contribution in [1.82, 2.24) is 0 Å². The Hall–Kier alpha value is -0.170. The van der Waals surface area contributed by atoms with Crippen molar-refractivity contribution in [1.29, 1.82) is 0 Å². The lowest BCUT2D eigenvalue weighted by Crippen LogP contribution is -2.62. The molecule has 0 radical (unpaired) electrons. The summed E-state index contributed by atoms with van der Waals surface area (Å²) in [5.74, 6) is -0.989. The molecule has 1 aromatic carbocycles. The van der Waals surface area contributed by atoms with Gasteiger partial charge in [0.05, 0.1) is 19.8 Å². The summed E-state index contributed by atoms with van der Waals surface area (Å²) >= 11 is 2.28. The highest BCUT2D eigenvalue weighted by Crippen LogP contribution is 2.51. The monoisotopic (exact) mass is 374 g/mol. The first-order valence-electron chi connectivity index (χ1n) is 6.55. The first-order chi connectivity index (χ1) is 8.87. The topological polar surface area (TPSA) is 27.7 Å². The van der Waals surface area contributed by atoms with Gasteiger partial charge < -0.3 is 14.2 Å². The Labute approximate surface area is 127 Å². The molecule has 0 unspecified atom stereocenters. The van der Waals surface area contributed by atoms with Crippen LogP contribution in [0.5, 0.6) is 0 Å². The van der Waals surface area contributed by atoms with Crippen molar-refractivity contribution in [2.75, 3.05) is 19.8 Å². The van der Waals surface area contributed by atoms with Crippen LogP contribution >= 0.6 is 22.6 Å². The van der Waals surface area contributed by atoms with Gasteiger partial charge in [-0.3, -0.25) is 0 Å². The number of hydrogen-bond donors (Lipinski definition) is 0. The molecule has 4 heteroatoms. The van der Waals surface area contributed by atoms with Crippen molar-refractivity contribution in [3.8, 4) is 0 Å². The van der Waals surface area contributed by atoms with E-state index in [9.17, 15) is 0 Å². The van der Waals surface area contributed by atoms with Gasteiger partial charge in [0.2, 0.25) is 0 Å². The Morgan fingerprint density at radius 3 is 1.84 bits per heavy atom. The lowest BCUT2D eigenvalue weighted by atomic mass is 9.67. The second-order valence-corrected chi connectivity index (χ2v) is 7.71. The van der Waals surface area contributed by atoms with Gasteiger partial charge in [-0.05, 0) is 52.3 Å². The lowest BCUT2D eigenvalue weighted by molar-refractivity contribution is -0.489. The van der Waals surface area contributed by atoms with E-state index in [1.165, 1.54) is 3.57 Å². The molecule has 3 nitrogen and oxygen atoms in total. The zero-order valence-corrected chi connectivity index (χ0v) is 13.7. The predicted molar refractivity (Wildman–Crippen MR) is 80.6 cm³/mol. The zero-order chi connectivity index (χ0) is 13.7. The van der Waals surface area contributed by atoms with Crippen molar-refractivity contribution in [3.63, 3.8) is 0 Å². The number of halogens is 1. The van der Waals surface area contributed by atoms with E-state index in [1.807, 2.05) is 24.3 Å². The largest absolute Gasteiger partial charge is 0.323 e. The van der Waals surface area contributed by atoms with Crippen LogP contribution in [-0.4, -0.2) is 19.8 Å². The van der Waals surface area contributed by atoms with Crippen LogP contribution in [0.1, 0.15) is 26.3 Å². The second-order valence-electron chi connectivity index (χ2n) is 6.46. The van der Waals surface area contributed by atoms with Crippen LogP contribution in [0.4, 0.5) is 0 Å². The van der Waals surface area contributed by atoms with E-state index in [0.29, 0.717) is 19.8 Å². The molecule has 3 aliphatic rings. The van der Waals surface area contributed by atoms with Crippen LogP contribution in [0.25, 0.3) is 0 Å². The van der Waals surface area contributed by atoms with Crippen molar-refractivity contribution in [2.45, 2.75) is 26.7 Å². The summed E-state index contributed by atoms with van der Waals surface area (Å²) < 4.78 is 19.1. The molecule has 3 aliphatic heterocycles. The number of benzene rings is 1. The van der Waals surface area contributed by atoms with Gasteiger partial charge in [0.25, 0.3) is 0 Å². The standard InChI is InChI=1S/C15H19IO3/c1-13(2,3)14-8-17-15(18-9-14,19-10-14)11-4-6-12(16)7-5-11/h4-7H,8-10H2,1-3H3. The third-order valence-corrected chi connectivity index (χ3v) is 5.12. The fourth-order valence-electron chi connectivity index (χ4n) is 2.50. The molecule has 0 atom stereocenters. The SMILES string of the molecule is CC(C)(C)C12COC(c3ccc(I)cc3)(OC1)OC2. The minimum atomic E-state index is -0.989. The van der Waals surface area contributed by atoms with Crippen molar-refractivity contribution in [2.24, 2.45) is 10.8 Å². The highest BCUT2D eigenvalue weighted by Gasteiger charge is 2.57. The molecule has 0 aliphatic carbocycles. The third-order valence-electron chi connectivity index (χ3n) is 4.40. The predicted octanol–water partition coefficient (Wildman–Crippen LogP) is 3.51. The van der Waals surface area contributed by atoms with E-state index in [2.05, 4.69) is 43.4 Å². The Balaban J connectivity index is 1.87. The first-order valence-corrected chi connectivity index (χ1v) is 7.63. The molecule has 3 saturated heterocycles. The van der Waals surface area contributed by atoms with Crippen LogP contribution in [0.15, 0.2) is 24.3 Å². The van der Waals surface area contributed by atoms with Crippen LogP contribution in [0, 0.1) is 14.4 Å². The van der Waals surface area contributed by atoms with E-state index in [4.69, 9.17) is 14.2 Å². The quantitative estimate of drug-likeness (QED) is 0.705. The van der Waals surface area contributed by atoms with Crippen LogP contribution < -0.4 is 0 Å². The van der Waals surface area contributed by atoms with Gasteiger partial charge in [0.1, 0.15) is 0 Å². The Morgan fingerprint density at radius 1 is 0.947 bits per heavy atom. The van der Waals surface area contributed by atoms with Crippen molar-refractivity contribution >= 4 is 22.6 Å². The fraction of sp³-hybridized carbons (Fsp3) is 0.600. The number of ether oxygens (including phenoxy) is 3. The molecule has 3 fully saturated rings. The maximum absolute atomic E-state index is 5.97. The summed E-state index contributed by atoms with van der Waals surface area (Å²) in [5, 5.41) is 0. The van der Waals surface area contributed by atoms with Gasteiger partial charge in [-0.1, -0.05) is 20.8 Å². The molecular formula is C15H19IO3. The average molecular weight is 374 g/mol. The Bertz CT molecular complexity index is 451. The van der Waals surface area contributed by atoms with Gasteiger partial charge in [-0.15, -0.1) is 0 Å². The summed E-state index contributed by atoms with van der Waals surface area (Å²) in [6.07, 6.45) is 0. The third kappa shape index (κ3) is 2.13. The average Bonchev–Trinajstić information content (AvgIpc) is 2.40. The Morgan fingerprint density at radius 2 is 1.42 bits per heavy atom. The number of rotatable bonds is 1. The van der Waals surface area contributed by atoms with Crippen LogP contribution in [0.2, 0.25) is 0 Å². The zero-order valence-electron chi connectivity index (χ0n) is 11.5. The maximum atomic E-state index is 5.97. The molecule has 0 aromatic heterocycles. The normalized spacial score (nSPS) is 34.5. The van der Waals surface area contributed by atoms with Crippen LogP contribution in [-0.2, 0) is 20.2 Å². The molecule has 1 aromatic rings.